The monoisotopic (exact) mass is 272 g/mol. The highest BCUT2D eigenvalue weighted by Gasteiger charge is 2.50. The van der Waals surface area contributed by atoms with Gasteiger partial charge in [-0.25, -0.2) is 0 Å². The van der Waals surface area contributed by atoms with Gasteiger partial charge in [-0.05, 0) is 19.3 Å². The molecule has 6 nitrogen and oxygen atoms in total. The zero-order chi connectivity index (χ0) is 13.9. The normalized spacial score (nSPS) is 24.6. The van der Waals surface area contributed by atoms with E-state index >= 15 is 0 Å². The Kier molecular flexibility index (Phi) is 4.78. The lowest BCUT2D eigenvalue weighted by atomic mass is 9.74. The van der Waals surface area contributed by atoms with Crippen LogP contribution in [0.5, 0.6) is 0 Å². The van der Waals surface area contributed by atoms with Crippen molar-refractivity contribution in [1.82, 2.24) is 9.80 Å². The van der Waals surface area contributed by atoms with Gasteiger partial charge in [0.25, 0.3) is 0 Å². The topological polar surface area (TPSA) is 73.2 Å². The number of aliphatic hydroxyl groups excluding tert-OH is 2. The number of morpholine rings is 1. The summed E-state index contributed by atoms with van der Waals surface area (Å²) in [6.45, 7) is 2.81. The summed E-state index contributed by atoms with van der Waals surface area (Å²) in [5, 5.41) is 18.3. The maximum Gasteiger partial charge on any atom is 0.242 e. The van der Waals surface area contributed by atoms with Gasteiger partial charge in [-0.15, -0.1) is 0 Å². The Labute approximate surface area is 113 Å². The standard InChI is InChI=1S/C13H24N2O4/c1-14(9-11(17)10-16)12(18)13(3-2-4-13)15-5-7-19-8-6-15/h11,16-17H,2-10H2,1H3/t11-/m0/s1. The van der Waals surface area contributed by atoms with E-state index in [1.54, 1.807) is 11.9 Å². The molecular weight excluding hydrogens is 248 g/mol. The van der Waals surface area contributed by atoms with E-state index in [1.807, 2.05) is 0 Å². The summed E-state index contributed by atoms with van der Waals surface area (Å²) in [5.41, 5.74) is -0.395. The van der Waals surface area contributed by atoms with E-state index in [1.165, 1.54) is 0 Å². The van der Waals surface area contributed by atoms with Crippen molar-refractivity contribution in [2.75, 3.05) is 46.5 Å². The first kappa shape index (κ1) is 14.7. The van der Waals surface area contributed by atoms with Crippen LogP contribution in [0.3, 0.4) is 0 Å². The quantitative estimate of drug-likeness (QED) is 0.675. The van der Waals surface area contributed by atoms with Crippen LogP contribution in [0.4, 0.5) is 0 Å². The molecule has 1 atom stereocenters. The van der Waals surface area contributed by atoms with Gasteiger partial charge in [0.05, 0.1) is 25.9 Å². The Hall–Kier alpha value is -0.690. The molecule has 0 unspecified atom stereocenters. The SMILES string of the molecule is CN(C[C@H](O)CO)C(=O)C1(N2CCOCC2)CCC1. The Balaban J connectivity index is 2.01. The van der Waals surface area contributed by atoms with Gasteiger partial charge in [-0.1, -0.05) is 0 Å². The summed E-state index contributed by atoms with van der Waals surface area (Å²) in [6, 6.07) is 0. The predicted octanol–water partition coefficient (Wildman–Crippen LogP) is -0.947. The molecule has 0 aromatic rings. The van der Waals surface area contributed by atoms with Crippen molar-refractivity contribution in [3.63, 3.8) is 0 Å². The number of likely N-dealkylation sites (N-methyl/N-ethyl adjacent to an activating group) is 1. The van der Waals surface area contributed by atoms with Gasteiger partial charge in [0.2, 0.25) is 5.91 Å². The lowest BCUT2D eigenvalue weighted by molar-refractivity contribution is -0.156. The molecule has 1 saturated heterocycles. The second kappa shape index (κ2) is 6.17. The lowest BCUT2D eigenvalue weighted by Crippen LogP contribution is -2.65. The summed E-state index contributed by atoms with van der Waals surface area (Å²) in [4.78, 5) is 16.4. The first-order valence-corrected chi connectivity index (χ1v) is 6.97. The van der Waals surface area contributed by atoms with Crippen LogP contribution in [0, 0.1) is 0 Å². The van der Waals surface area contributed by atoms with Crippen LogP contribution in [0.2, 0.25) is 0 Å². The molecule has 1 amide bonds. The molecule has 6 heteroatoms. The molecule has 1 aliphatic carbocycles. The molecule has 0 bridgehead atoms. The minimum Gasteiger partial charge on any atom is -0.394 e. The molecule has 1 aliphatic heterocycles. The number of amides is 1. The molecule has 2 rings (SSSR count). The zero-order valence-electron chi connectivity index (χ0n) is 11.5. The highest BCUT2D eigenvalue weighted by molar-refractivity contribution is 5.87. The first-order valence-electron chi connectivity index (χ1n) is 6.97. The zero-order valence-corrected chi connectivity index (χ0v) is 11.5. The van der Waals surface area contributed by atoms with Crippen molar-refractivity contribution in [3.05, 3.63) is 0 Å². The fraction of sp³-hybridized carbons (Fsp3) is 0.923. The molecule has 2 fully saturated rings. The van der Waals surface area contributed by atoms with Gasteiger partial charge >= 0.3 is 0 Å². The van der Waals surface area contributed by atoms with E-state index < -0.39 is 11.6 Å². The minimum atomic E-state index is -0.865. The van der Waals surface area contributed by atoms with Crippen LogP contribution >= 0.6 is 0 Å². The van der Waals surface area contributed by atoms with Crippen molar-refractivity contribution < 1.29 is 19.7 Å². The number of hydrogen-bond acceptors (Lipinski definition) is 5. The fourth-order valence-electron chi connectivity index (χ4n) is 2.98. The van der Waals surface area contributed by atoms with E-state index in [0.29, 0.717) is 13.2 Å². The molecule has 0 spiro atoms. The molecule has 2 aliphatic rings. The van der Waals surface area contributed by atoms with Crippen LogP contribution in [-0.4, -0.2) is 84.1 Å². The van der Waals surface area contributed by atoms with Gasteiger partial charge < -0.3 is 19.8 Å². The van der Waals surface area contributed by atoms with Gasteiger partial charge in [0.1, 0.15) is 5.54 Å². The Morgan fingerprint density at radius 2 is 2.05 bits per heavy atom. The van der Waals surface area contributed by atoms with E-state index in [-0.39, 0.29) is 19.1 Å². The second-order valence-electron chi connectivity index (χ2n) is 5.51. The predicted molar refractivity (Wildman–Crippen MR) is 69.7 cm³/mol. The number of ether oxygens (including phenoxy) is 1. The molecular formula is C13H24N2O4. The van der Waals surface area contributed by atoms with Crippen molar-refractivity contribution in [2.24, 2.45) is 0 Å². The molecule has 0 aromatic heterocycles. The minimum absolute atomic E-state index is 0.0631. The molecule has 19 heavy (non-hydrogen) atoms. The number of rotatable bonds is 5. The molecule has 2 N–H and O–H groups in total. The third-order valence-electron chi connectivity index (χ3n) is 4.24. The van der Waals surface area contributed by atoms with Crippen molar-refractivity contribution in [2.45, 2.75) is 30.9 Å². The molecule has 0 radical (unpaired) electrons. The smallest absolute Gasteiger partial charge is 0.242 e. The van der Waals surface area contributed by atoms with E-state index in [0.717, 1.165) is 32.4 Å². The highest BCUT2D eigenvalue weighted by Crippen LogP contribution is 2.39. The van der Waals surface area contributed by atoms with Gasteiger partial charge in [-0.2, -0.15) is 0 Å². The van der Waals surface area contributed by atoms with Crippen molar-refractivity contribution in [1.29, 1.82) is 0 Å². The lowest BCUT2D eigenvalue weighted by Gasteiger charge is -2.51. The summed E-state index contributed by atoms with van der Waals surface area (Å²) in [6.07, 6.45) is 1.96. The van der Waals surface area contributed by atoms with E-state index in [4.69, 9.17) is 9.84 Å². The highest BCUT2D eigenvalue weighted by atomic mass is 16.5. The fourth-order valence-corrected chi connectivity index (χ4v) is 2.98. The maximum atomic E-state index is 12.6. The van der Waals surface area contributed by atoms with E-state index in [2.05, 4.69) is 4.90 Å². The van der Waals surface area contributed by atoms with Crippen LogP contribution in [-0.2, 0) is 9.53 Å². The molecule has 110 valence electrons. The number of nitrogens with zero attached hydrogens (tertiary/aromatic N) is 2. The van der Waals surface area contributed by atoms with E-state index in [9.17, 15) is 9.90 Å². The summed E-state index contributed by atoms with van der Waals surface area (Å²) < 4.78 is 5.35. The van der Waals surface area contributed by atoms with Gasteiger partial charge in [-0.3, -0.25) is 9.69 Å². The average Bonchev–Trinajstić information content (AvgIpc) is 2.38. The van der Waals surface area contributed by atoms with Gasteiger partial charge in [0.15, 0.2) is 0 Å². The average molecular weight is 272 g/mol. The molecule has 1 heterocycles. The summed E-state index contributed by atoms with van der Waals surface area (Å²) in [5.74, 6) is 0.0631. The first-order chi connectivity index (χ1) is 9.10. The van der Waals surface area contributed by atoms with Crippen molar-refractivity contribution >= 4 is 5.91 Å². The van der Waals surface area contributed by atoms with Crippen LogP contribution in [0.1, 0.15) is 19.3 Å². The second-order valence-corrected chi connectivity index (χ2v) is 5.51. The van der Waals surface area contributed by atoms with Crippen molar-refractivity contribution in [3.8, 4) is 0 Å². The van der Waals surface area contributed by atoms with Crippen LogP contribution < -0.4 is 0 Å². The molecule has 1 saturated carbocycles. The largest absolute Gasteiger partial charge is 0.394 e. The number of hydrogen-bond donors (Lipinski definition) is 2. The number of aliphatic hydroxyl groups is 2. The molecule has 0 aromatic carbocycles. The van der Waals surface area contributed by atoms with Crippen LogP contribution in [0.15, 0.2) is 0 Å². The summed E-state index contributed by atoms with van der Waals surface area (Å²) >= 11 is 0. The Bertz CT molecular complexity index is 314. The van der Waals surface area contributed by atoms with Crippen LogP contribution in [0.25, 0.3) is 0 Å². The third-order valence-corrected chi connectivity index (χ3v) is 4.24. The summed E-state index contributed by atoms with van der Waals surface area (Å²) in [7, 11) is 1.70. The Morgan fingerprint density at radius 3 is 2.53 bits per heavy atom. The number of carbonyl (C=O) groups excluding carboxylic acids is 1. The third kappa shape index (κ3) is 2.91. The van der Waals surface area contributed by atoms with Gasteiger partial charge in [0, 0.05) is 26.7 Å². The Morgan fingerprint density at radius 1 is 1.42 bits per heavy atom. The number of carbonyl (C=O) groups is 1. The maximum absolute atomic E-state index is 12.6.